The minimum Gasteiger partial charge on any atom is -0.302 e. The SMILES string of the molecule is N#Cc1ccc(-c2ccc(-c3cc(C(F)(F)F)c(C#N)c(=O)n3Cc3ccc(F)cc3F)s2)cc1Cl. The number of alkyl halides is 3. The summed E-state index contributed by atoms with van der Waals surface area (Å²) >= 11 is 7.12. The molecular weight excluding hydrogens is 521 g/mol. The van der Waals surface area contributed by atoms with Crippen molar-refractivity contribution in [2.45, 2.75) is 12.7 Å². The van der Waals surface area contributed by atoms with Gasteiger partial charge in [0, 0.05) is 16.5 Å². The molecule has 4 aromatic rings. The highest BCUT2D eigenvalue weighted by molar-refractivity contribution is 7.18. The minimum absolute atomic E-state index is 0.154. The number of rotatable bonds is 4. The number of hydrogen-bond donors (Lipinski definition) is 0. The Hall–Kier alpha value is -3.99. The van der Waals surface area contributed by atoms with E-state index < -0.39 is 41.0 Å². The van der Waals surface area contributed by atoms with Crippen molar-refractivity contribution in [2.24, 2.45) is 0 Å². The Morgan fingerprint density at radius 2 is 1.67 bits per heavy atom. The lowest BCUT2D eigenvalue weighted by Gasteiger charge is -2.17. The van der Waals surface area contributed by atoms with Gasteiger partial charge in [-0.1, -0.05) is 23.7 Å². The summed E-state index contributed by atoms with van der Waals surface area (Å²) < 4.78 is 69.7. The molecule has 4 rings (SSSR count). The maximum Gasteiger partial charge on any atom is 0.417 e. The van der Waals surface area contributed by atoms with Crippen molar-refractivity contribution >= 4 is 22.9 Å². The van der Waals surface area contributed by atoms with Crippen LogP contribution in [-0.2, 0) is 12.7 Å². The average Bonchev–Trinajstić information content (AvgIpc) is 3.31. The van der Waals surface area contributed by atoms with E-state index in [9.17, 15) is 32.0 Å². The highest BCUT2D eigenvalue weighted by Gasteiger charge is 2.36. The van der Waals surface area contributed by atoms with E-state index in [1.54, 1.807) is 12.1 Å². The Kier molecular flexibility index (Phi) is 6.68. The normalized spacial score (nSPS) is 11.2. The summed E-state index contributed by atoms with van der Waals surface area (Å²) in [6.07, 6.45) is -5.00. The van der Waals surface area contributed by atoms with Gasteiger partial charge in [-0.3, -0.25) is 4.79 Å². The maximum absolute atomic E-state index is 14.3. The maximum atomic E-state index is 14.3. The number of hydrogen-bond acceptors (Lipinski definition) is 4. The molecule has 0 fully saturated rings. The molecule has 4 nitrogen and oxygen atoms in total. The van der Waals surface area contributed by atoms with Crippen LogP contribution < -0.4 is 5.56 Å². The molecule has 0 atom stereocenters. The summed E-state index contributed by atoms with van der Waals surface area (Å²) in [5.74, 6) is -1.86. The topological polar surface area (TPSA) is 69.6 Å². The van der Waals surface area contributed by atoms with Crippen LogP contribution in [0.25, 0.3) is 21.0 Å². The zero-order valence-corrected chi connectivity index (χ0v) is 19.4. The Morgan fingerprint density at radius 3 is 2.28 bits per heavy atom. The summed E-state index contributed by atoms with van der Waals surface area (Å²) in [6.45, 7) is -0.539. The third-order valence-corrected chi connectivity index (χ3v) is 6.76. The predicted molar refractivity (Wildman–Crippen MR) is 124 cm³/mol. The van der Waals surface area contributed by atoms with Gasteiger partial charge in [-0.2, -0.15) is 23.7 Å². The average molecular weight is 532 g/mol. The van der Waals surface area contributed by atoms with Crippen molar-refractivity contribution in [3.63, 3.8) is 0 Å². The lowest BCUT2D eigenvalue weighted by molar-refractivity contribution is -0.137. The van der Waals surface area contributed by atoms with Crippen molar-refractivity contribution in [2.75, 3.05) is 0 Å². The second kappa shape index (κ2) is 9.57. The molecule has 0 radical (unpaired) electrons. The first-order valence-corrected chi connectivity index (χ1v) is 11.2. The molecule has 2 aromatic heterocycles. The first kappa shape index (κ1) is 25.1. The van der Waals surface area contributed by atoms with E-state index in [-0.39, 0.29) is 26.7 Å². The monoisotopic (exact) mass is 531 g/mol. The van der Waals surface area contributed by atoms with Crippen LogP contribution in [0.2, 0.25) is 5.02 Å². The zero-order valence-electron chi connectivity index (χ0n) is 17.8. The molecule has 0 N–H and O–H groups in total. The quantitative estimate of drug-likeness (QED) is 0.267. The molecule has 180 valence electrons. The lowest BCUT2D eigenvalue weighted by atomic mass is 10.1. The van der Waals surface area contributed by atoms with Gasteiger partial charge in [0.05, 0.1) is 33.3 Å². The van der Waals surface area contributed by atoms with Gasteiger partial charge >= 0.3 is 6.18 Å². The van der Waals surface area contributed by atoms with Crippen LogP contribution in [-0.4, -0.2) is 4.57 Å². The molecule has 0 aliphatic rings. The zero-order chi connectivity index (χ0) is 26.2. The molecular formula is C25H11ClF5N3OS. The van der Waals surface area contributed by atoms with E-state index in [2.05, 4.69) is 0 Å². The standard InChI is InChI=1S/C25H11ClF5N3OS/c26-19-7-13(1-2-14(19)10-32)22-5-6-23(36-22)21-9-18(25(29,30)31)17(11-33)24(35)34(21)12-15-3-4-16(27)8-20(15)28/h1-9H,12H2. The van der Waals surface area contributed by atoms with E-state index in [0.29, 0.717) is 22.6 Å². The van der Waals surface area contributed by atoms with Gasteiger partial charge in [-0.25, -0.2) is 8.78 Å². The van der Waals surface area contributed by atoms with Crippen molar-refractivity contribution < 1.29 is 22.0 Å². The number of aromatic nitrogens is 1. The summed E-state index contributed by atoms with van der Waals surface area (Å²) in [5, 5.41) is 18.5. The Morgan fingerprint density at radius 1 is 0.944 bits per heavy atom. The van der Waals surface area contributed by atoms with Crippen LogP contribution in [0.3, 0.4) is 0 Å². The third kappa shape index (κ3) is 4.74. The molecule has 0 saturated heterocycles. The third-order valence-electron chi connectivity index (χ3n) is 5.29. The van der Waals surface area contributed by atoms with Gasteiger partial charge in [0.25, 0.3) is 5.56 Å². The van der Waals surface area contributed by atoms with E-state index >= 15 is 0 Å². The molecule has 11 heteroatoms. The second-order valence-corrected chi connectivity index (χ2v) is 9.02. The predicted octanol–water partition coefficient (Wildman–Crippen LogP) is 6.99. The van der Waals surface area contributed by atoms with E-state index in [1.165, 1.54) is 24.3 Å². The van der Waals surface area contributed by atoms with Crippen molar-refractivity contribution in [1.82, 2.24) is 4.57 Å². The number of thiophene rings is 1. The van der Waals surface area contributed by atoms with Gasteiger partial charge in [-0.05, 0) is 42.0 Å². The smallest absolute Gasteiger partial charge is 0.302 e. The van der Waals surface area contributed by atoms with Gasteiger partial charge in [0.1, 0.15) is 29.3 Å². The number of pyridine rings is 1. The molecule has 0 spiro atoms. The minimum atomic E-state index is -5.00. The molecule has 0 aliphatic heterocycles. The first-order valence-electron chi connectivity index (χ1n) is 10.0. The summed E-state index contributed by atoms with van der Waals surface area (Å²) in [5.41, 5.74) is -3.35. The van der Waals surface area contributed by atoms with Gasteiger partial charge in [0.2, 0.25) is 0 Å². The Bertz CT molecular complexity index is 1640. The summed E-state index contributed by atoms with van der Waals surface area (Å²) in [7, 11) is 0. The van der Waals surface area contributed by atoms with Crippen molar-refractivity contribution in [3.05, 3.63) is 104 Å². The van der Waals surface area contributed by atoms with Gasteiger partial charge in [-0.15, -0.1) is 11.3 Å². The van der Waals surface area contributed by atoms with Crippen LogP contribution >= 0.6 is 22.9 Å². The fraction of sp³-hybridized carbons (Fsp3) is 0.0800. The summed E-state index contributed by atoms with van der Waals surface area (Å²) in [4.78, 5) is 13.8. The summed E-state index contributed by atoms with van der Waals surface area (Å²) in [6, 6.07) is 14.2. The van der Waals surface area contributed by atoms with E-state index in [0.717, 1.165) is 28.0 Å². The number of nitrogens with zero attached hydrogens (tertiary/aromatic N) is 3. The Balaban J connectivity index is 1.92. The number of nitriles is 2. The molecule has 36 heavy (non-hydrogen) atoms. The molecule has 0 aliphatic carbocycles. The molecule has 0 amide bonds. The fourth-order valence-electron chi connectivity index (χ4n) is 3.55. The molecule has 2 heterocycles. The molecule has 0 saturated carbocycles. The van der Waals surface area contributed by atoms with Gasteiger partial charge < -0.3 is 4.57 Å². The lowest BCUT2D eigenvalue weighted by Crippen LogP contribution is -2.28. The molecule has 0 unspecified atom stereocenters. The van der Waals surface area contributed by atoms with Crippen LogP contribution in [0, 0.1) is 34.3 Å². The number of benzene rings is 2. The second-order valence-electron chi connectivity index (χ2n) is 7.53. The Labute approximate surface area is 209 Å². The van der Waals surface area contributed by atoms with Crippen molar-refractivity contribution in [1.29, 1.82) is 10.5 Å². The van der Waals surface area contributed by atoms with E-state index in [4.69, 9.17) is 16.9 Å². The van der Waals surface area contributed by atoms with Crippen LogP contribution in [0.15, 0.2) is 59.4 Å². The largest absolute Gasteiger partial charge is 0.417 e. The van der Waals surface area contributed by atoms with Crippen LogP contribution in [0.1, 0.15) is 22.3 Å². The van der Waals surface area contributed by atoms with Gasteiger partial charge in [0.15, 0.2) is 0 Å². The van der Waals surface area contributed by atoms with Crippen LogP contribution in [0.5, 0.6) is 0 Å². The molecule has 2 aromatic carbocycles. The highest BCUT2D eigenvalue weighted by Crippen LogP contribution is 2.39. The molecule has 0 bridgehead atoms. The first-order chi connectivity index (χ1) is 17.0. The number of halogens is 6. The fourth-order valence-corrected chi connectivity index (χ4v) is 4.80. The van der Waals surface area contributed by atoms with Crippen LogP contribution in [0.4, 0.5) is 22.0 Å². The van der Waals surface area contributed by atoms with Crippen molar-refractivity contribution in [3.8, 4) is 33.2 Å². The highest BCUT2D eigenvalue weighted by atomic mass is 35.5. The van der Waals surface area contributed by atoms with E-state index in [1.807, 2.05) is 6.07 Å².